The first kappa shape index (κ1) is 17.9. The van der Waals surface area contributed by atoms with E-state index >= 15 is 0 Å². The second-order valence-corrected chi connectivity index (χ2v) is 5.13. The van der Waals surface area contributed by atoms with Crippen molar-refractivity contribution < 1.29 is 13.9 Å². The van der Waals surface area contributed by atoms with E-state index in [2.05, 4.69) is 18.7 Å². The maximum absolute atomic E-state index is 13.5. The van der Waals surface area contributed by atoms with Crippen molar-refractivity contribution in [3.8, 4) is 5.75 Å². The molecular formula is C17H28FNO2. The van der Waals surface area contributed by atoms with Crippen LogP contribution in [0.25, 0.3) is 0 Å². The molecule has 0 spiro atoms. The van der Waals surface area contributed by atoms with Crippen molar-refractivity contribution in [3.63, 3.8) is 0 Å². The predicted molar refractivity (Wildman–Crippen MR) is 84.5 cm³/mol. The molecule has 1 aliphatic rings. The van der Waals surface area contributed by atoms with Gasteiger partial charge in [-0.1, -0.05) is 33.3 Å². The zero-order valence-electron chi connectivity index (χ0n) is 13.5. The standard InChI is InChI=1S/C14H20FNO2.C3H8/c1-2-12-3-4-13(15)14(11-12)18-10-7-16-5-8-17-9-6-16;1-3-2/h3-4,11H,2,5-10H2,1H3;3H2,1-2H3. The molecule has 1 aromatic carbocycles. The van der Waals surface area contributed by atoms with Crippen LogP contribution in [0.5, 0.6) is 5.75 Å². The minimum absolute atomic E-state index is 0.283. The first-order chi connectivity index (χ1) is 10.2. The summed E-state index contributed by atoms with van der Waals surface area (Å²) in [7, 11) is 0. The molecule has 1 aliphatic heterocycles. The molecule has 4 heteroatoms. The third-order valence-electron chi connectivity index (χ3n) is 3.17. The number of hydrogen-bond acceptors (Lipinski definition) is 3. The molecule has 1 saturated heterocycles. The lowest BCUT2D eigenvalue weighted by atomic mass is 10.1. The summed E-state index contributed by atoms with van der Waals surface area (Å²) < 4.78 is 24.3. The number of nitrogens with zero attached hydrogens (tertiary/aromatic N) is 1. The monoisotopic (exact) mass is 297 g/mol. The van der Waals surface area contributed by atoms with E-state index in [1.807, 2.05) is 6.92 Å². The van der Waals surface area contributed by atoms with E-state index in [-0.39, 0.29) is 5.82 Å². The van der Waals surface area contributed by atoms with Crippen LogP contribution >= 0.6 is 0 Å². The summed E-state index contributed by atoms with van der Waals surface area (Å²) in [5.74, 6) is 0.0804. The van der Waals surface area contributed by atoms with Gasteiger partial charge in [0.25, 0.3) is 0 Å². The molecule has 0 aliphatic carbocycles. The molecule has 0 N–H and O–H groups in total. The molecule has 0 aromatic heterocycles. The Morgan fingerprint density at radius 1 is 1.19 bits per heavy atom. The van der Waals surface area contributed by atoms with Crippen molar-refractivity contribution in [2.24, 2.45) is 0 Å². The Bertz CT molecular complexity index is 392. The maximum atomic E-state index is 13.5. The fourth-order valence-corrected chi connectivity index (χ4v) is 1.99. The van der Waals surface area contributed by atoms with Gasteiger partial charge in [-0.05, 0) is 24.1 Å². The van der Waals surface area contributed by atoms with Gasteiger partial charge in [0, 0.05) is 19.6 Å². The Morgan fingerprint density at radius 3 is 2.48 bits per heavy atom. The molecule has 1 aromatic rings. The summed E-state index contributed by atoms with van der Waals surface area (Å²) in [4.78, 5) is 2.27. The summed E-state index contributed by atoms with van der Waals surface area (Å²) >= 11 is 0. The van der Waals surface area contributed by atoms with Crippen LogP contribution in [0.1, 0.15) is 32.8 Å². The number of halogens is 1. The lowest BCUT2D eigenvalue weighted by Gasteiger charge is -2.26. The zero-order valence-corrected chi connectivity index (χ0v) is 13.5. The van der Waals surface area contributed by atoms with Crippen molar-refractivity contribution in [1.29, 1.82) is 0 Å². The van der Waals surface area contributed by atoms with Crippen molar-refractivity contribution in [2.45, 2.75) is 33.6 Å². The van der Waals surface area contributed by atoms with E-state index in [1.165, 1.54) is 12.5 Å². The molecule has 0 atom stereocenters. The van der Waals surface area contributed by atoms with Crippen molar-refractivity contribution in [3.05, 3.63) is 29.6 Å². The van der Waals surface area contributed by atoms with E-state index in [0.717, 1.165) is 44.8 Å². The fourth-order valence-electron chi connectivity index (χ4n) is 1.99. The first-order valence-corrected chi connectivity index (χ1v) is 7.92. The normalized spacial score (nSPS) is 15.2. The topological polar surface area (TPSA) is 21.7 Å². The van der Waals surface area contributed by atoms with Crippen LogP contribution in [-0.2, 0) is 11.2 Å². The highest BCUT2D eigenvalue weighted by Gasteiger charge is 2.10. The number of ether oxygens (including phenoxy) is 2. The SMILES string of the molecule is CCC.CCc1ccc(F)c(OCCN2CCOCC2)c1. The molecule has 1 fully saturated rings. The third kappa shape index (κ3) is 6.91. The van der Waals surface area contributed by atoms with Gasteiger partial charge in [-0.2, -0.15) is 0 Å². The zero-order chi connectivity index (χ0) is 15.5. The van der Waals surface area contributed by atoms with Crippen LogP contribution in [-0.4, -0.2) is 44.4 Å². The Kier molecular flexibility index (Phi) is 9.02. The number of morpholine rings is 1. The molecule has 3 nitrogen and oxygen atoms in total. The Labute approximate surface area is 128 Å². The van der Waals surface area contributed by atoms with Crippen LogP contribution in [0, 0.1) is 5.82 Å². The quantitative estimate of drug-likeness (QED) is 0.830. The van der Waals surface area contributed by atoms with Crippen LogP contribution in [0.4, 0.5) is 4.39 Å². The minimum atomic E-state index is -0.283. The number of benzene rings is 1. The van der Waals surface area contributed by atoms with E-state index in [4.69, 9.17) is 9.47 Å². The molecule has 2 rings (SSSR count). The predicted octanol–water partition coefficient (Wildman–Crippen LogP) is 3.52. The van der Waals surface area contributed by atoms with Gasteiger partial charge in [0.1, 0.15) is 6.61 Å². The van der Waals surface area contributed by atoms with Gasteiger partial charge in [-0.25, -0.2) is 4.39 Å². The number of rotatable bonds is 5. The third-order valence-corrected chi connectivity index (χ3v) is 3.17. The van der Waals surface area contributed by atoms with Gasteiger partial charge in [0.15, 0.2) is 11.6 Å². The molecule has 0 amide bonds. The summed E-state index contributed by atoms with van der Waals surface area (Å²) in [5, 5.41) is 0. The van der Waals surface area contributed by atoms with Crippen LogP contribution in [0.2, 0.25) is 0 Å². The highest BCUT2D eigenvalue weighted by molar-refractivity contribution is 5.30. The number of aryl methyl sites for hydroxylation is 1. The second kappa shape index (κ2) is 10.6. The molecule has 21 heavy (non-hydrogen) atoms. The van der Waals surface area contributed by atoms with Gasteiger partial charge < -0.3 is 9.47 Å². The first-order valence-electron chi connectivity index (χ1n) is 7.92. The second-order valence-electron chi connectivity index (χ2n) is 5.13. The van der Waals surface area contributed by atoms with Gasteiger partial charge in [0.05, 0.1) is 13.2 Å². The summed E-state index contributed by atoms with van der Waals surface area (Å²) in [6.07, 6.45) is 2.14. The van der Waals surface area contributed by atoms with Crippen LogP contribution in [0.15, 0.2) is 18.2 Å². The minimum Gasteiger partial charge on any atom is -0.489 e. The molecule has 0 radical (unpaired) electrons. The van der Waals surface area contributed by atoms with E-state index in [9.17, 15) is 4.39 Å². The molecule has 0 saturated carbocycles. The fraction of sp³-hybridized carbons (Fsp3) is 0.647. The largest absolute Gasteiger partial charge is 0.489 e. The number of hydrogen-bond donors (Lipinski definition) is 0. The molecule has 0 unspecified atom stereocenters. The highest BCUT2D eigenvalue weighted by Crippen LogP contribution is 2.19. The average molecular weight is 297 g/mol. The van der Waals surface area contributed by atoms with Gasteiger partial charge >= 0.3 is 0 Å². The van der Waals surface area contributed by atoms with Gasteiger partial charge in [-0.15, -0.1) is 0 Å². The highest BCUT2D eigenvalue weighted by atomic mass is 19.1. The average Bonchev–Trinajstić information content (AvgIpc) is 2.51. The Morgan fingerprint density at radius 2 is 1.86 bits per heavy atom. The molecule has 0 bridgehead atoms. The Balaban J connectivity index is 0.000000677. The summed E-state index contributed by atoms with van der Waals surface area (Å²) in [5.41, 5.74) is 1.10. The maximum Gasteiger partial charge on any atom is 0.165 e. The molecule has 1 heterocycles. The van der Waals surface area contributed by atoms with E-state index in [1.54, 1.807) is 12.1 Å². The van der Waals surface area contributed by atoms with Crippen LogP contribution in [0.3, 0.4) is 0 Å². The Hall–Kier alpha value is -1.13. The van der Waals surface area contributed by atoms with Crippen molar-refractivity contribution in [2.75, 3.05) is 39.5 Å². The van der Waals surface area contributed by atoms with Crippen molar-refractivity contribution >= 4 is 0 Å². The summed E-state index contributed by atoms with van der Waals surface area (Å²) in [6.45, 7) is 11.1. The lowest BCUT2D eigenvalue weighted by molar-refractivity contribution is 0.0320. The molecule has 120 valence electrons. The smallest absolute Gasteiger partial charge is 0.165 e. The van der Waals surface area contributed by atoms with Gasteiger partial charge in [0.2, 0.25) is 0 Å². The van der Waals surface area contributed by atoms with E-state index in [0.29, 0.717) is 12.4 Å². The summed E-state index contributed by atoms with van der Waals surface area (Å²) in [6, 6.07) is 5.06. The molecular weight excluding hydrogens is 269 g/mol. The lowest BCUT2D eigenvalue weighted by Crippen LogP contribution is -2.38. The van der Waals surface area contributed by atoms with Gasteiger partial charge in [-0.3, -0.25) is 4.90 Å². The van der Waals surface area contributed by atoms with Crippen molar-refractivity contribution in [1.82, 2.24) is 4.90 Å². The van der Waals surface area contributed by atoms with E-state index < -0.39 is 0 Å². The van der Waals surface area contributed by atoms with Crippen LogP contribution < -0.4 is 4.74 Å².